The van der Waals surface area contributed by atoms with Gasteiger partial charge in [-0.25, -0.2) is 0 Å². The summed E-state index contributed by atoms with van der Waals surface area (Å²) in [5.74, 6) is 0. The first-order valence-electron chi connectivity index (χ1n) is 5.49. The van der Waals surface area contributed by atoms with Gasteiger partial charge in [0.1, 0.15) is 0 Å². The second kappa shape index (κ2) is 3.89. The van der Waals surface area contributed by atoms with E-state index in [-0.39, 0.29) is 0 Å². The summed E-state index contributed by atoms with van der Waals surface area (Å²) in [6.45, 7) is 5.26. The number of nitrogens with zero attached hydrogens (tertiary/aromatic N) is 1. The van der Waals surface area contributed by atoms with Crippen LogP contribution in [-0.4, -0.2) is 29.6 Å². The average molecular weight is 225 g/mol. The summed E-state index contributed by atoms with van der Waals surface area (Å²) >= 11 is 1.73. The molecule has 1 saturated heterocycles. The number of aryl methyl sites for hydroxylation is 1. The lowest BCUT2D eigenvalue weighted by Gasteiger charge is -2.40. The van der Waals surface area contributed by atoms with Gasteiger partial charge >= 0.3 is 0 Å². The topological polar surface area (TPSA) is 23.5 Å². The van der Waals surface area contributed by atoms with Crippen molar-refractivity contribution in [1.82, 2.24) is 4.90 Å². The highest BCUT2D eigenvalue weighted by Crippen LogP contribution is 2.37. The third-order valence-corrected chi connectivity index (χ3v) is 4.39. The van der Waals surface area contributed by atoms with Crippen molar-refractivity contribution in [3.8, 4) is 0 Å². The van der Waals surface area contributed by atoms with Gasteiger partial charge in [0, 0.05) is 17.5 Å². The minimum atomic E-state index is -0.587. The second-order valence-corrected chi connectivity index (χ2v) is 5.88. The van der Waals surface area contributed by atoms with Crippen LogP contribution in [0.3, 0.4) is 0 Å². The van der Waals surface area contributed by atoms with E-state index < -0.39 is 5.60 Å². The van der Waals surface area contributed by atoms with Crippen molar-refractivity contribution in [3.63, 3.8) is 0 Å². The van der Waals surface area contributed by atoms with E-state index in [1.165, 1.54) is 4.88 Å². The normalized spacial score (nSPS) is 33.2. The minimum absolute atomic E-state index is 0.462. The molecule has 1 aliphatic heterocycles. The number of hydrogen-bond donors (Lipinski definition) is 1. The maximum absolute atomic E-state index is 10.6. The molecule has 0 radical (unpaired) electrons. The Labute approximate surface area is 95.5 Å². The maximum atomic E-state index is 10.6. The van der Waals surface area contributed by atoms with E-state index in [0.29, 0.717) is 6.04 Å². The van der Waals surface area contributed by atoms with Gasteiger partial charge in [-0.3, -0.25) is 0 Å². The van der Waals surface area contributed by atoms with Gasteiger partial charge in [-0.15, -0.1) is 11.3 Å². The van der Waals surface area contributed by atoms with Crippen molar-refractivity contribution < 1.29 is 5.11 Å². The van der Waals surface area contributed by atoms with Crippen LogP contribution in [0.15, 0.2) is 11.4 Å². The Morgan fingerprint density at radius 2 is 2.33 bits per heavy atom. The fraction of sp³-hybridized carbons (Fsp3) is 0.667. The molecule has 0 aliphatic carbocycles. The van der Waals surface area contributed by atoms with E-state index in [1.807, 2.05) is 0 Å². The number of thiophene rings is 1. The number of likely N-dealkylation sites (tertiary alicyclic amines) is 1. The van der Waals surface area contributed by atoms with Gasteiger partial charge in [0.25, 0.3) is 0 Å². The zero-order valence-corrected chi connectivity index (χ0v) is 10.5. The summed E-state index contributed by atoms with van der Waals surface area (Å²) in [6, 6.07) is 2.59. The second-order valence-electron chi connectivity index (χ2n) is 4.76. The first-order valence-corrected chi connectivity index (χ1v) is 6.37. The third-order valence-electron chi connectivity index (χ3n) is 3.53. The fourth-order valence-corrected chi connectivity index (χ4v) is 3.07. The van der Waals surface area contributed by atoms with Crippen LogP contribution in [0, 0.1) is 6.92 Å². The zero-order chi connectivity index (χ0) is 11.1. The first kappa shape index (κ1) is 11.1. The quantitative estimate of drug-likeness (QED) is 0.793. The van der Waals surface area contributed by atoms with Crippen molar-refractivity contribution in [2.75, 3.05) is 13.6 Å². The van der Waals surface area contributed by atoms with Crippen LogP contribution in [0.25, 0.3) is 0 Å². The minimum Gasteiger partial charge on any atom is -0.385 e. The molecule has 1 N–H and O–H groups in total. The van der Waals surface area contributed by atoms with E-state index in [0.717, 1.165) is 24.9 Å². The molecular weight excluding hydrogens is 206 g/mol. The smallest absolute Gasteiger partial charge is 0.0931 e. The molecule has 0 saturated carbocycles. The molecule has 15 heavy (non-hydrogen) atoms. The van der Waals surface area contributed by atoms with Crippen LogP contribution in [0.5, 0.6) is 0 Å². The van der Waals surface area contributed by atoms with Crippen LogP contribution < -0.4 is 0 Å². The van der Waals surface area contributed by atoms with Crippen LogP contribution in [0.2, 0.25) is 0 Å². The Morgan fingerprint density at radius 1 is 1.60 bits per heavy atom. The summed E-state index contributed by atoms with van der Waals surface area (Å²) in [7, 11) is 2.13. The molecule has 3 heteroatoms. The molecule has 0 spiro atoms. The monoisotopic (exact) mass is 225 g/mol. The highest BCUT2D eigenvalue weighted by atomic mass is 32.1. The van der Waals surface area contributed by atoms with Gasteiger partial charge in [-0.1, -0.05) is 0 Å². The van der Waals surface area contributed by atoms with Crippen molar-refractivity contribution in [2.45, 2.75) is 38.3 Å². The van der Waals surface area contributed by atoms with Gasteiger partial charge in [0.05, 0.1) is 5.60 Å². The molecule has 2 atom stereocenters. The third kappa shape index (κ3) is 2.10. The molecule has 2 rings (SSSR count). The summed E-state index contributed by atoms with van der Waals surface area (Å²) in [5, 5.41) is 12.7. The Hall–Kier alpha value is -0.380. The van der Waals surface area contributed by atoms with Crippen molar-refractivity contribution in [3.05, 3.63) is 21.9 Å². The van der Waals surface area contributed by atoms with Gasteiger partial charge in [0.15, 0.2) is 0 Å². The number of rotatable bonds is 1. The molecule has 0 bridgehead atoms. The average Bonchev–Trinajstić information content (AvgIpc) is 2.60. The lowest BCUT2D eigenvalue weighted by Crippen LogP contribution is -2.45. The van der Waals surface area contributed by atoms with E-state index in [9.17, 15) is 5.11 Å². The first-order chi connectivity index (χ1) is 7.01. The largest absolute Gasteiger partial charge is 0.385 e. The predicted molar refractivity (Wildman–Crippen MR) is 64.3 cm³/mol. The van der Waals surface area contributed by atoms with E-state index in [1.54, 1.807) is 11.3 Å². The van der Waals surface area contributed by atoms with E-state index >= 15 is 0 Å². The van der Waals surface area contributed by atoms with Gasteiger partial charge in [0.2, 0.25) is 0 Å². The summed E-state index contributed by atoms with van der Waals surface area (Å²) in [6.07, 6.45) is 1.70. The summed E-state index contributed by atoms with van der Waals surface area (Å²) < 4.78 is 0. The van der Waals surface area contributed by atoms with Crippen molar-refractivity contribution >= 4 is 11.3 Å². The van der Waals surface area contributed by atoms with E-state index in [2.05, 4.69) is 37.2 Å². The Morgan fingerprint density at radius 3 is 2.87 bits per heavy atom. The lowest BCUT2D eigenvalue weighted by molar-refractivity contribution is -0.0405. The van der Waals surface area contributed by atoms with E-state index in [4.69, 9.17) is 0 Å². The van der Waals surface area contributed by atoms with Gasteiger partial charge in [-0.2, -0.15) is 0 Å². The standard InChI is InChI=1S/C12H19NOS/c1-9-7-12(14,4-5-13(9)3)11-6-10(2)15-8-11/h6,8-9,14H,4-5,7H2,1-3H3. The van der Waals surface area contributed by atoms with Crippen LogP contribution in [0.4, 0.5) is 0 Å². The summed E-state index contributed by atoms with van der Waals surface area (Å²) in [5.41, 5.74) is 0.529. The highest BCUT2D eigenvalue weighted by Gasteiger charge is 2.36. The van der Waals surface area contributed by atoms with Crippen LogP contribution >= 0.6 is 11.3 Å². The fourth-order valence-electron chi connectivity index (χ4n) is 2.28. The molecule has 1 aromatic heterocycles. The highest BCUT2D eigenvalue weighted by molar-refractivity contribution is 7.10. The Kier molecular flexibility index (Phi) is 2.88. The lowest BCUT2D eigenvalue weighted by atomic mass is 9.83. The molecule has 1 aromatic rings. The van der Waals surface area contributed by atoms with Crippen LogP contribution in [0.1, 0.15) is 30.2 Å². The molecule has 0 amide bonds. The molecule has 2 heterocycles. The van der Waals surface area contributed by atoms with Crippen molar-refractivity contribution in [2.24, 2.45) is 0 Å². The molecule has 1 fully saturated rings. The molecule has 0 aromatic carbocycles. The molecule has 1 aliphatic rings. The molecular formula is C12H19NOS. The maximum Gasteiger partial charge on any atom is 0.0931 e. The van der Waals surface area contributed by atoms with Gasteiger partial charge in [-0.05, 0) is 50.7 Å². The summed E-state index contributed by atoms with van der Waals surface area (Å²) in [4.78, 5) is 3.60. The SMILES string of the molecule is Cc1cc(C2(O)CCN(C)C(C)C2)cs1. The number of aliphatic hydroxyl groups is 1. The molecule has 2 unspecified atom stereocenters. The zero-order valence-electron chi connectivity index (χ0n) is 9.66. The Balaban J connectivity index is 2.20. The molecule has 84 valence electrons. The predicted octanol–water partition coefficient (Wildman–Crippen LogP) is 2.36. The number of hydrogen-bond acceptors (Lipinski definition) is 3. The Bertz CT molecular complexity index is 349. The van der Waals surface area contributed by atoms with Gasteiger partial charge < -0.3 is 10.0 Å². The number of piperidine rings is 1. The van der Waals surface area contributed by atoms with Crippen LogP contribution in [-0.2, 0) is 5.60 Å². The van der Waals surface area contributed by atoms with Crippen molar-refractivity contribution in [1.29, 1.82) is 0 Å². The molecule has 2 nitrogen and oxygen atoms in total.